The highest BCUT2D eigenvalue weighted by atomic mass is 28.2. The molecule has 0 spiro atoms. The van der Waals surface area contributed by atoms with E-state index in [1.54, 1.807) is 6.92 Å². The quantitative estimate of drug-likeness (QED) is 0.513. The molecular weight excluding hydrogens is 188 g/mol. The van der Waals surface area contributed by atoms with Gasteiger partial charge in [-0.1, -0.05) is 48.0 Å². The molecule has 0 amide bonds. The number of rotatable bonds is 6. The van der Waals surface area contributed by atoms with Gasteiger partial charge in [0.15, 0.2) is 0 Å². The summed E-state index contributed by atoms with van der Waals surface area (Å²) in [4.78, 5) is 10.7. The van der Waals surface area contributed by atoms with Crippen molar-refractivity contribution in [3.63, 3.8) is 0 Å². The smallest absolute Gasteiger partial charge is 0.129 e. The van der Waals surface area contributed by atoms with Crippen LogP contribution in [0.1, 0.15) is 26.2 Å². The van der Waals surface area contributed by atoms with Gasteiger partial charge in [0.1, 0.15) is 5.78 Å². The Balaban J connectivity index is 2.08. The lowest BCUT2D eigenvalue weighted by atomic mass is 10.2. The zero-order chi connectivity index (χ0) is 10.2. The Bertz CT molecular complexity index is 269. The molecule has 0 fully saturated rings. The molecule has 74 valence electrons. The van der Waals surface area contributed by atoms with Crippen LogP contribution in [0.4, 0.5) is 0 Å². The molecule has 0 aliphatic heterocycles. The van der Waals surface area contributed by atoms with E-state index in [0.717, 1.165) is 22.4 Å². The lowest BCUT2D eigenvalue weighted by molar-refractivity contribution is -0.117. The fourth-order valence-electron chi connectivity index (χ4n) is 1.29. The summed E-state index contributed by atoms with van der Waals surface area (Å²) in [6.07, 6.45) is 2.97. The Morgan fingerprint density at radius 2 is 1.93 bits per heavy atom. The molecule has 1 rings (SSSR count). The maximum atomic E-state index is 10.7. The number of Topliss-reactive ketones (excluding diaryl/α,β-unsaturated/α-hetero) is 1. The second-order valence-electron chi connectivity index (χ2n) is 3.45. The summed E-state index contributed by atoms with van der Waals surface area (Å²) in [6, 6.07) is 11.8. The molecule has 0 saturated carbocycles. The van der Waals surface area contributed by atoms with E-state index >= 15 is 0 Å². The maximum absolute atomic E-state index is 10.7. The van der Waals surface area contributed by atoms with E-state index in [9.17, 15) is 4.79 Å². The average Bonchev–Trinajstić information content (AvgIpc) is 2.18. The van der Waals surface area contributed by atoms with E-state index in [1.807, 2.05) is 6.07 Å². The highest BCUT2D eigenvalue weighted by Crippen LogP contribution is 2.00. The van der Waals surface area contributed by atoms with Crippen molar-refractivity contribution < 1.29 is 4.79 Å². The summed E-state index contributed by atoms with van der Waals surface area (Å²) in [7, 11) is 0.897. The van der Waals surface area contributed by atoms with Crippen LogP contribution < -0.4 is 5.19 Å². The standard InChI is InChI=1S/C12H16OSi/c1-11(13)7-5-6-10-14-12-8-3-2-4-9-12/h2-4,8-9H,5-7,10H2,1H3. The molecule has 0 aliphatic rings. The molecule has 0 unspecified atom stereocenters. The highest BCUT2D eigenvalue weighted by molar-refractivity contribution is 6.53. The van der Waals surface area contributed by atoms with E-state index in [2.05, 4.69) is 24.3 Å². The van der Waals surface area contributed by atoms with Crippen LogP contribution in [0.15, 0.2) is 30.3 Å². The largest absolute Gasteiger partial charge is 0.300 e. The molecule has 0 atom stereocenters. The van der Waals surface area contributed by atoms with Crippen LogP contribution in [-0.4, -0.2) is 15.3 Å². The summed E-state index contributed by atoms with van der Waals surface area (Å²) >= 11 is 0. The van der Waals surface area contributed by atoms with Gasteiger partial charge in [-0.25, -0.2) is 0 Å². The first-order valence-corrected chi connectivity index (χ1v) is 6.28. The third-order valence-corrected chi connectivity index (χ3v) is 3.40. The van der Waals surface area contributed by atoms with Gasteiger partial charge < -0.3 is 4.79 Å². The lowest BCUT2D eigenvalue weighted by Crippen LogP contribution is -2.12. The van der Waals surface area contributed by atoms with Gasteiger partial charge >= 0.3 is 0 Å². The molecule has 0 saturated heterocycles. The topological polar surface area (TPSA) is 17.1 Å². The van der Waals surface area contributed by atoms with Gasteiger partial charge in [0, 0.05) is 6.42 Å². The van der Waals surface area contributed by atoms with Crippen molar-refractivity contribution in [3.05, 3.63) is 30.3 Å². The van der Waals surface area contributed by atoms with Gasteiger partial charge in [-0.3, -0.25) is 0 Å². The summed E-state index contributed by atoms with van der Waals surface area (Å²) in [5.41, 5.74) is 0. The van der Waals surface area contributed by atoms with Crippen molar-refractivity contribution in [2.24, 2.45) is 0 Å². The van der Waals surface area contributed by atoms with E-state index in [4.69, 9.17) is 0 Å². The van der Waals surface area contributed by atoms with Crippen LogP contribution >= 0.6 is 0 Å². The zero-order valence-corrected chi connectivity index (χ0v) is 9.62. The van der Waals surface area contributed by atoms with E-state index in [1.165, 1.54) is 17.7 Å². The number of hydrogen-bond donors (Lipinski definition) is 0. The van der Waals surface area contributed by atoms with Crippen molar-refractivity contribution in [1.82, 2.24) is 0 Å². The van der Waals surface area contributed by atoms with Crippen LogP contribution in [0.25, 0.3) is 0 Å². The molecule has 1 nitrogen and oxygen atoms in total. The summed E-state index contributed by atoms with van der Waals surface area (Å²) < 4.78 is 0. The average molecular weight is 204 g/mol. The van der Waals surface area contributed by atoms with Crippen LogP contribution in [-0.2, 0) is 4.79 Å². The zero-order valence-electron chi connectivity index (χ0n) is 8.62. The Morgan fingerprint density at radius 1 is 1.21 bits per heavy atom. The van der Waals surface area contributed by atoms with Crippen molar-refractivity contribution in [2.75, 3.05) is 0 Å². The monoisotopic (exact) mass is 204 g/mol. The minimum atomic E-state index is 0.313. The number of hydrogen-bond acceptors (Lipinski definition) is 1. The summed E-state index contributed by atoms with van der Waals surface area (Å²) in [6.45, 7) is 1.67. The Kier molecular flexibility index (Phi) is 5.23. The molecule has 1 aromatic rings. The fraction of sp³-hybridized carbons (Fsp3) is 0.417. The van der Waals surface area contributed by atoms with Crippen LogP contribution in [0.3, 0.4) is 0 Å². The maximum Gasteiger partial charge on any atom is 0.129 e. The van der Waals surface area contributed by atoms with Crippen molar-refractivity contribution in [3.8, 4) is 0 Å². The number of ketones is 1. The number of carbonyl (C=O) groups excluding carboxylic acids is 1. The minimum absolute atomic E-state index is 0.313. The predicted molar refractivity (Wildman–Crippen MR) is 61.2 cm³/mol. The van der Waals surface area contributed by atoms with Crippen molar-refractivity contribution in [1.29, 1.82) is 0 Å². The molecule has 2 radical (unpaired) electrons. The first kappa shape index (κ1) is 11.2. The minimum Gasteiger partial charge on any atom is -0.300 e. The van der Waals surface area contributed by atoms with Crippen molar-refractivity contribution >= 4 is 20.5 Å². The molecule has 0 aliphatic carbocycles. The van der Waals surface area contributed by atoms with Gasteiger partial charge in [0.05, 0.1) is 9.52 Å². The van der Waals surface area contributed by atoms with E-state index in [0.29, 0.717) is 5.78 Å². The Morgan fingerprint density at radius 3 is 2.57 bits per heavy atom. The van der Waals surface area contributed by atoms with E-state index < -0.39 is 0 Å². The number of benzene rings is 1. The first-order chi connectivity index (χ1) is 6.79. The Hall–Kier alpha value is -0.893. The molecule has 1 aromatic carbocycles. The molecule has 2 heteroatoms. The summed E-state index contributed by atoms with van der Waals surface area (Å²) in [5, 5.41) is 1.43. The van der Waals surface area contributed by atoms with E-state index in [-0.39, 0.29) is 0 Å². The Labute approximate surface area is 88.4 Å². The van der Waals surface area contributed by atoms with Gasteiger partial charge in [-0.2, -0.15) is 0 Å². The molecule has 14 heavy (non-hydrogen) atoms. The normalized spacial score (nSPS) is 10.1. The van der Waals surface area contributed by atoms with Crippen molar-refractivity contribution in [2.45, 2.75) is 32.2 Å². The molecule has 0 heterocycles. The third-order valence-electron chi connectivity index (χ3n) is 2.06. The lowest BCUT2D eigenvalue weighted by Gasteiger charge is -1.99. The van der Waals surface area contributed by atoms with Crippen LogP contribution in [0, 0.1) is 0 Å². The molecule has 0 bridgehead atoms. The molecular formula is C12H16OSi. The van der Waals surface area contributed by atoms with Crippen LogP contribution in [0.2, 0.25) is 6.04 Å². The third kappa shape index (κ3) is 4.97. The van der Waals surface area contributed by atoms with Gasteiger partial charge in [-0.05, 0) is 13.3 Å². The SMILES string of the molecule is CC(=O)CCCC[Si]c1ccccc1. The number of unbranched alkanes of at least 4 members (excludes halogenated alkanes) is 1. The second-order valence-corrected chi connectivity index (χ2v) is 4.88. The molecule has 0 N–H and O–H groups in total. The predicted octanol–water partition coefficient (Wildman–Crippen LogP) is 2.19. The number of carbonyl (C=O) groups is 1. The summed E-state index contributed by atoms with van der Waals surface area (Å²) in [5.74, 6) is 0.313. The fourth-order valence-corrected chi connectivity index (χ4v) is 2.43. The van der Waals surface area contributed by atoms with Gasteiger partial charge in [0.25, 0.3) is 0 Å². The van der Waals surface area contributed by atoms with Gasteiger partial charge in [-0.15, -0.1) is 0 Å². The van der Waals surface area contributed by atoms with Gasteiger partial charge in [0.2, 0.25) is 0 Å². The molecule has 0 aromatic heterocycles. The van der Waals surface area contributed by atoms with Crippen LogP contribution in [0.5, 0.6) is 0 Å². The second kappa shape index (κ2) is 6.54. The first-order valence-electron chi connectivity index (χ1n) is 5.07. The highest BCUT2D eigenvalue weighted by Gasteiger charge is 1.96.